The number of halogens is 1. The second kappa shape index (κ2) is 5.32. The Hall–Kier alpha value is -1.91. The summed E-state index contributed by atoms with van der Waals surface area (Å²) in [6.07, 6.45) is 2.17. The Kier molecular flexibility index (Phi) is 3.69. The predicted octanol–water partition coefficient (Wildman–Crippen LogP) is 2.82. The molecule has 5 heteroatoms. The molecule has 0 radical (unpaired) electrons. The molecule has 1 N–H and O–H groups in total. The van der Waals surface area contributed by atoms with Crippen molar-refractivity contribution in [1.29, 1.82) is 0 Å². The fraction of sp³-hybridized carbons (Fsp3) is 0.556. The van der Waals surface area contributed by atoms with Gasteiger partial charge in [0.1, 0.15) is 5.82 Å². The van der Waals surface area contributed by atoms with Crippen molar-refractivity contribution in [3.8, 4) is 0 Å². The van der Waals surface area contributed by atoms with E-state index in [-0.39, 0.29) is 23.1 Å². The number of carbonyl (C=O) groups is 2. The number of hydrogen-bond donors (Lipinski definition) is 1. The van der Waals surface area contributed by atoms with Gasteiger partial charge in [-0.3, -0.25) is 9.59 Å². The summed E-state index contributed by atoms with van der Waals surface area (Å²) in [4.78, 5) is 25.7. The molecule has 1 heterocycles. The Balaban J connectivity index is 1.70. The molecule has 1 atom stereocenters. The van der Waals surface area contributed by atoms with Crippen molar-refractivity contribution in [2.45, 2.75) is 38.5 Å². The monoisotopic (exact) mass is 319 g/mol. The van der Waals surface area contributed by atoms with Gasteiger partial charge in [-0.15, -0.1) is 0 Å². The fourth-order valence-corrected chi connectivity index (χ4v) is 3.88. The summed E-state index contributed by atoms with van der Waals surface area (Å²) in [5.41, 5.74) is -0.629. The van der Waals surface area contributed by atoms with Gasteiger partial charge in [-0.1, -0.05) is 18.2 Å². The van der Waals surface area contributed by atoms with E-state index in [4.69, 9.17) is 5.11 Å². The topological polar surface area (TPSA) is 57.6 Å². The van der Waals surface area contributed by atoms with Gasteiger partial charge in [-0.2, -0.15) is 0 Å². The zero-order chi connectivity index (χ0) is 16.8. The number of benzene rings is 1. The molecule has 2 aliphatic rings. The van der Waals surface area contributed by atoms with Gasteiger partial charge in [0.25, 0.3) is 0 Å². The highest BCUT2D eigenvalue weighted by atomic mass is 19.1. The van der Waals surface area contributed by atoms with Gasteiger partial charge in [-0.25, -0.2) is 4.39 Å². The molecule has 124 valence electrons. The molecular weight excluding hydrogens is 297 g/mol. The van der Waals surface area contributed by atoms with Gasteiger partial charge in [0.15, 0.2) is 0 Å². The summed E-state index contributed by atoms with van der Waals surface area (Å²) in [5.74, 6) is -1.44. The lowest BCUT2D eigenvalue weighted by atomic mass is 9.81. The Bertz CT molecular complexity index is 647. The number of likely N-dealkylation sites (tertiary alicyclic amines) is 1. The average molecular weight is 319 g/mol. The van der Waals surface area contributed by atoms with E-state index in [1.54, 1.807) is 36.9 Å². The molecule has 2 fully saturated rings. The number of carbonyl (C=O) groups excluding carboxylic acids is 1. The highest BCUT2D eigenvalue weighted by molar-refractivity contribution is 5.87. The number of aliphatic carboxylic acids is 1. The quantitative estimate of drug-likeness (QED) is 0.932. The zero-order valence-corrected chi connectivity index (χ0v) is 13.5. The molecule has 1 spiro atoms. The van der Waals surface area contributed by atoms with Crippen molar-refractivity contribution in [2.75, 3.05) is 13.1 Å². The molecule has 1 aliphatic heterocycles. The third kappa shape index (κ3) is 2.62. The van der Waals surface area contributed by atoms with Crippen molar-refractivity contribution in [1.82, 2.24) is 4.90 Å². The molecule has 1 aromatic carbocycles. The Morgan fingerprint density at radius 1 is 1.26 bits per heavy atom. The van der Waals surface area contributed by atoms with Crippen LogP contribution >= 0.6 is 0 Å². The molecule has 3 rings (SSSR count). The van der Waals surface area contributed by atoms with E-state index < -0.39 is 11.4 Å². The second-order valence-electron chi connectivity index (χ2n) is 7.35. The molecule has 1 saturated heterocycles. The maximum absolute atomic E-state index is 14.0. The summed E-state index contributed by atoms with van der Waals surface area (Å²) in [7, 11) is 0. The minimum Gasteiger partial charge on any atom is -0.481 e. The maximum atomic E-state index is 14.0. The maximum Gasteiger partial charge on any atom is 0.307 e. The van der Waals surface area contributed by atoms with Crippen LogP contribution in [0.15, 0.2) is 24.3 Å². The summed E-state index contributed by atoms with van der Waals surface area (Å²) in [5, 5.41) is 9.13. The molecule has 1 aliphatic carbocycles. The van der Waals surface area contributed by atoms with Gasteiger partial charge in [0.05, 0.1) is 11.3 Å². The van der Waals surface area contributed by atoms with Crippen LogP contribution in [0.25, 0.3) is 0 Å². The molecule has 1 unspecified atom stereocenters. The largest absolute Gasteiger partial charge is 0.481 e. The van der Waals surface area contributed by atoms with Gasteiger partial charge in [-0.05, 0) is 44.6 Å². The molecule has 0 bridgehead atoms. The van der Waals surface area contributed by atoms with Gasteiger partial charge >= 0.3 is 5.97 Å². The van der Waals surface area contributed by atoms with Crippen LogP contribution in [-0.4, -0.2) is 35.0 Å². The standard InChI is InChI=1S/C18H22FNO3/c1-17(2,12-5-3-4-6-14(12)19)16(23)20-9-7-18(8-10-20)11-13(18)15(21)22/h3-6,13H,7-11H2,1-2H3,(H,21,22). The number of piperidine rings is 1. The molecule has 1 aromatic rings. The molecule has 1 amide bonds. The minimum atomic E-state index is -0.925. The normalized spacial score (nSPS) is 22.9. The predicted molar refractivity (Wildman–Crippen MR) is 83.4 cm³/mol. The van der Waals surface area contributed by atoms with E-state index in [2.05, 4.69) is 0 Å². The van der Waals surface area contributed by atoms with Crippen LogP contribution in [0, 0.1) is 17.2 Å². The van der Waals surface area contributed by atoms with E-state index in [9.17, 15) is 14.0 Å². The highest BCUT2D eigenvalue weighted by Crippen LogP contribution is 2.59. The Morgan fingerprint density at radius 2 is 1.87 bits per heavy atom. The van der Waals surface area contributed by atoms with Crippen LogP contribution in [0.5, 0.6) is 0 Å². The Labute approximate surface area is 135 Å². The van der Waals surface area contributed by atoms with Crippen molar-refractivity contribution >= 4 is 11.9 Å². The molecular formula is C18H22FNO3. The number of amides is 1. The van der Waals surface area contributed by atoms with Crippen LogP contribution < -0.4 is 0 Å². The fourth-order valence-electron chi connectivity index (χ4n) is 3.88. The van der Waals surface area contributed by atoms with Gasteiger partial charge < -0.3 is 10.0 Å². The molecule has 23 heavy (non-hydrogen) atoms. The van der Waals surface area contributed by atoms with Crippen LogP contribution in [-0.2, 0) is 15.0 Å². The molecule has 0 aromatic heterocycles. The third-order valence-electron chi connectivity index (χ3n) is 5.62. The number of rotatable bonds is 3. The summed E-state index contributed by atoms with van der Waals surface area (Å²) < 4.78 is 14.0. The highest BCUT2D eigenvalue weighted by Gasteiger charge is 2.59. The number of nitrogens with zero attached hydrogens (tertiary/aromatic N) is 1. The van der Waals surface area contributed by atoms with Crippen LogP contribution in [0.1, 0.15) is 38.7 Å². The Morgan fingerprint density at radius 3 is 2.39 bits per heavy atom. The second-order valence-corrected chi connectivity index (χ2v) is 7.35. The van der Waals surface area contributed by atoms with Crippen LogP contribution in [0.4, 0.5) is 4.39 Å². The third-order valence-corrected chi connectivity index (χ3v) is 5.62. The van der Waals surface area contributed by atoms with Crippen LogP contribution in [0.2, 0.25) is 0 Å². The first kappa shape index (κ1) is 16.0. The van der Waals surface area contributed by atoms with E-state index in [1.165, 1.54) is 6.07 Å². The zero-order valence-electron chi connectivity index (χ0n) is 13.5. The van der Waals surface area contributed by atoms with E-state index in [1.807, 2.05) is 0 Å². The smallest absolute Gasteiger partial charge is 0.307 e. The number of carboxylic acid groups (broad SMARTS) is 1. The lowest BCUT2D eigenvalue weighted by molar-refractivity contribution is -0.140. The first-order valence-corrected chi connectivity index (χ1v) is 8.05. The van der Waals surface area contributed by atoms with Crippen molar-refractivity contribution in [3.05, 3.63) is 35.6 Å². The lowest BCUT2D eigenvalue weighted by Crippen LogP contribution is -2.48. The average Bonchev–Trinajstić information content (AvgIpc) is 3.22. The van der Waals surface area contributed by atoms with E-state index in [0.717, 1.165) is 19.3 Å². The molecule has 1 saturated carbocycles. The van der Waals surface area contributed by atoms with Crippen LogP contribution in [0.3, 0.4) is 0 Å². The lowest BCUT2D eigenvalue weighted by Gasteiger charge is -2.37. The number of hydrogen-bond acceptors (Lipinski definition) is 2. The van der Waals surface area contributed by atoms with Crippen molar-refractivity contribution in [2.24, 2.45) is 11.3 Å². The summed E-state index contributed by atoms with van der Waals surface area (Å²) >= 11 is 0. The van der Waals surface area contributed by atoms with Crippen molar-refractivity contribution < 1.29 is 19.1 Å². The SMILES string of the molecule is CC(C)(C(=O)N1CCC2(CC1)CC2C(=O)O)c1ccccc1F. The van der Waals surface area contributed by atoms with Crippen molar-refractivity contribution in [3.63, 3.8) is 0 Å². The number of carboxylic acids is 1. The van der Waals surface area contributed by atoms with E-state index >= 15 is 0 Å². The summed E-state index contributed by atoms with van der Waals surface area (Å²) in [6, 6.07) is 6.38. The first-order chi connectivity index (χ1) is 10.8. The van der Waals surface area contributed by atoms with Gasteiger partial charge in [0.2, 0.25) is 5.91 Å². The molecule has 4 nitrogen and oxygen atoms in total. The van der Waals surface area contributed by atoms with Gasteiger partial charge in [0, 0.05) is 18.7 Å². The summed E-state index contributed by atoms with van der Waals surface area (Å²) in [6.45, 7) is 4.60. The minimum absolute atomic E-state index is 0.0926. The first-order valence-electron chi connectivity index (χ1n) is 8.05. The van der Waals surface area contributed by atoms with E-state index in [0.29, 0.717) is 18.7 Å².